The molecule has 0 amide bonds. The van der Waals surface area contributed by atoms with Gasteiger partial charge in [-0.3, -0.25) is 4.72 Å². The van der Waals surface area contributed by atoms with Crippen molar-refractivity contribution < 1.29 is 26.7 Å². The molecule has 0 saturated heterocycles. The Balaban J connectivity index is 1.97. The number of nitrogens with one attached hydrogen (secondary N) is 1. The number of rotatable bonds is 3. The Morgan fingerprint density at radius 1 is 1.04 bits per heavy atom. The topological polar surface area (TPSA) is 64.6 Å². The van der Waals surface area contributed by atoms with Gasteiger partial charge in [-0.05, 0) is 12.1 Å². The van der Waals surface area contributed by atoms with Gasteiger partial charge in [0.25, 0.3) is 10.0 Å². The Hall–Kier alpha value is -2.06. The smallest absolute Gasteiger partial charge is 0.264 e. The van der Waals surface area contributed by atoms with Crippen molar-refractivity contribution in [1.82, 2.24) is 0 Å². The van der Waals surface area contributed by atoms with Gasteiger partial charge in [0.1, 0.15) is 29.7 Å². The van der Waals surface area contributed by atoms with E-state index in [0.29, 0.717) is 30.8 Å². The standard InChI is InChI=1S/C14H10ClF2NO4S/c15-9-6-12-13(22-4-3-21-12)7-11(9)18-23(19,20)14-2-1-8(16)5-10(14)17/h1-2,5-7,18H,3-4H2. The van der Waals surface area contributed by atoms with Gasteiger partial charge in [0.2, 0.25) is 0 Å². The molecule has 2 aromatic carbocycles. The average Bonchev–Trinajstić information content (AvgIpc) is 2.47. The maximum absolute atomic E-state index is 13.7. The Morgan fingerprint density at radius 2 is 1.70 bits per heavy atom. The van der Waals surface area contributed by atoms with E-state index < -0.39 is 26.6 Å². The Morgan fingerprint density at radius 3 is 2.35 bits per heavy atom. The number of benzene rings is 2. The van der Waals surface area contributed by atoms with Crippen molar-refractivity contribution >= 4 is 27.3 Å². The molecular formula is C14H10ClF2NO4S. The van der Waals surface area contributed by atoms with Crippen molar-refractivity contribution in [2.24, 2.45) is 0 Å². The summed E-state index contributed by atoms with van der Waals surface area (Å²) in [6.45, 7) is 0.669. The van der Waals surface area contributed by atoms with Crippen LogP contribution >= 0.6 is 11.6 Å². The molecule has 0 spiro atoms. The van der Waals surface area contributed by atoms with Crippen LogP contribution in [0.5, 0.6) is 11.5 Å². The number of hydrogen-bond acceptors (Lipinski definition) is 4. The zero-order valence-corrected chi connectivity index (χ0v) is 13.0. The third-order valence-electron chi connectivity index (χ3n) is 3.06. The molecule has 0 unspecified atom stereocenters. The van der Waals surface area contributed by atoms with Gasteiger partial charge in [-0.15, -0.1) is 0 Å². The van der Waals surface area contributed by atoms with Gasteiger partial charge in [0.15, 0.2) is 11.5 Å². The van der Waals surface area contributed by atoms with Crippen LogP contribution in [0.2, 0.25) is 5.02 Å². The summed E-state index contributed by atoms with van der Waals surface area (Å²) in [5.74, 6) is -1.37. The first kappa shape index (κ1) is 15.8. The van der Waals surface area contributed by atoms with Gasteiger partial charge in [-0.1, -0.05) is 11.6 Å². The van der Waals surface area contributed by atoms with Crippen molar-refractivity contribution in [2.45, 2.75) is 4.90 Å². The summed E-state index contributed by atoms with van der Waals surface area (Å²) >= 11 is 6.00. The number of anilines is 1. The van der Waals surface area contributed by atoms with Crippen LogP contribution in [0.3, 0.4) is 0 Å². The van der Waals surface area contributed by atoms with Crippen LogP contribution in [0.1, 0.15) is 0 Å². The fourth-order valence-corrected chi connectivity index (χ4v) is 3.42. The summed E-state index contributed by atoms with van der Waals surface area (Å²) in [6.07, 6.45) is 0. The highest BCUT2D eigenvalue weighted by Gasteiger charge is 2.23. The van der Waals surface area contributed by atoms with E-state index in [1.54, 1.807) is 0 Å². The Bertz CT molecular complexity index is 873. The predicted octanol–water partition coefficient (Wildman–Crippen LogP) is 3.19. The van der Waals surface area contributed by atoms with Crippen LogP contribution in [0.4, 0.5) is 14.5 Å². The molecule has 0 fully saturated rings. The molecule has 0 radical (unpaired) electrons. The van der Waals surface area contributed by atoms with E-state index in [2.05, 4.69) is 4.72 Å². The highest BCUT2D eigenvalue weighted by atomic mass is 35.5. The minimum Gasteiger partial charge on any atom is -0.486 e. The quantitative estimate of drug-likeness (QED) is 0.911. The SMILES string of the molecule is O=S(=O)(Nc1cc2c(cc1Cl)OCCO2)c1ccc(F)cc1F. The lowest BCUT2D eigenvalue weighted by atomic mass is 10.2. The summed E-state index contributed by atoms with van der Waals surface area (Å²) in [7, 11) is -4.28. The molecule has 0 aliphatic carbocycles. The van der Waals surface area contributed by atoms with Crippen molar-refractivity contribution in [3.63, 3.8) is 0 Å². The third-order valence-corrected chi connectivity index (χ3v) is 4.77. The predicted molar refractivity (Wildman–Crippen MR) is 79.6 cm³/mol. The molecule has 5 nitrogen and oxygen atoms in total. The zero-order chi connectivity index (χ0) is 16.6. The molecule has 1 N–H and O–H groups in total. The van der Waals surface area contributed by atoms with Crippen LogP contribution in [-0.2, 0) is 10.0 Å². The summed E-state index contributed by atoms with van der Waals surface area (Å²) in [6, 6.07) is 4.91. The molecule has 0 atom stereocenters. The highest BCUT2D eigenvalue weighted by molar-refractivity contribution is 7.92. The van der Waals surface area contributed by atoms with Gasteiger partial charge in [0, 0.05) is 18.2 Å². The second-order valence-corrected chi connectivity index (χ2v) is 6.71. The lowest BCUT2D eigenvalue weighted by molar-refractivity contribution is 0.171. The number of hydrogen-bond donors (Lipinski definition) is 1. The zero-order valence-electron chi connectivity index (χ0n) is 11.5. The van der Waals surface area contributed by atoms with E-state index in [1.165, 1.54) is 12.1 Å². The Labute approximate surface area is 135 Å². The van der Waals surface area contributed by atoms with Crippen molar-refractivity contribution in [2.75, 3.05) is 17.9 Å². The molecule has 0 bridgehead atoms. The molecule has 0 saturated carbocycles. The second kappa shape index (κ2) is 5.86. The summed E-state index contributed by atoms with van der Waals surface area (Å²) in [5.41, 5.74) is -0.000332. The first-order valence-corrected chi connectivity index (χ1v) is 8.30. The summed E-state index contributed by atoms with van der Waals surface area (Å²) in [5, 5.41) is 0.0559. The molecule has 1 aliphatic rings. The molecule has 9 heteroatoms. The Kier molecular flexibility index (Phi) is 4.03. The fourth-order valence-electron chi connectivity index (χ4n) is 2.04. The molecular weight excluding hydrogens is 352 g/mol. The third kappa shape index (κ3) is 3.18. The van der Waals surface area contributed by atoms with Crippen molar-refractivity contribution in [3.05, 3.63) is 47.0 Å². The van der Waals surface area contributed by atoms with Crippen LogP contribution in [0.15, 0.2) is 35.2 Å². The van der Waals surface area contributed by atoms with E-state index in [0.717, 1.165) is 12.1 Å². The average molecular weight is 362 g/mol. The molecule has 122 valence electrons. The largest absolute Gasteiger partial charge is 0.486 e. The molecule has 1 heterocycles. The first-order chi connectivity index (χ1) is 10.9. The van der Waals surface area contributed by atoms with Gasteiger partial charge in [-0.2, -0.15) is 0 Å². The van der Waals surface area contributed by atoms with Crippen LogP contribution in [0, 0.1) is 11.6 Å². The normalized spacial score (nSPS) is 13.7. The highest BCUT2D eigenvalue weighted by Crippen LogP contribution is 2.38. The van der Waals surface area contributed by atoms with E-state index in [1.807, 2.05) is 0 Å². The van der Waals surface area contributed by atoms with Gasteiger partial charge < -0.3 is 9.47 Å². The molecule has 0 aromatic heterocycles. The lowest BCUT2D eigenvalue weighted by Gasteiger charge is -2.20. The van der Waals surface area contributed by atoms with Crippen LogP contribution < -0.4 is 14.2 Å². The van der Waals surface area contributed by atoms with Crippen molar-refractivity contribution in [1.29, 1.82) is 0 Å². The minimum absolute atomic E-state index is 0.000332. The van der Waals surface area contributed by atoms with Crippen molar-refractivity contribution in [3.8, 4) is 11.5 Å². The number of ether oxygens (including phenoxy) is 2. The molecule has 1 aliphatic heterocycles. The number of fused-ring (bicyclic) bond motifs is 1. The monoisotopic (exact) mass is 361 g/mol. The summed E-state index contributed by atoms with van der Waals surface area (Å²) < 4.78 is 63.9. The lowest BCUT2D eigenvalue weighted by Crippen LogP contribution is -2.17. The maximum atomic E-state index is 13.7. The van der Waals surface area contributed by atoms with E-state index in [4.69, 9.17) is 21.1 Å². The summed E-state index contributed by atoms with van der Waals surface area (Å²) in [4.78, 5) is -0.690. The molecule has 2 aromatic rings. The van der Waals surface area contributed by atoms with Crippen LogP contribution in [-0.4, -0.2) is 21.6 Å². The fraction of sp³-hybridized carbons (Fsp3) is 0.143. The van der Waals surface area contributed by atoms with Crippen LogP contribution in [0.25, 0.3) is 0 Å². The molecule has 23 heavy (non-hydrogen) atoms. The molecule has 3 rings (SSSR count). The number of sulfonamides is 1. The second-order valence-electron chi connectivity index (χ2n) is 4.66. The van der Waals surface area contributed by atoms with E-state index >= 15 is 0 Å². The van der Waals surface area contributed by atoms with Gasteiger partial charge >= 0.3 is 0 Å². The maximum Gasteiger partial charge on any atom is 0.264 e. The first-order valence-electron chi connectivity index (χ1n) is 6.44. The van der Waals surface area contributed by atoms with E-state index in [9.17, 15) is 17.2 Å². The minimum atomic E-state index is -4.28. The van der Waals surface area contributed by atoms with Gasteiger partial charge in [-0.25, -0.2) is 17.2 Å². The van der Waals surface area contributed by atoms with Gasteiger partial charge in [0.05, 0.1) is 10.7 Å². The van der Waals surface area contributed by atoms with E-state index in [-0.39, 0.29) is 10.7 Å². The number of halogens is 3.